The molecule has 1 atom stereocenters. The van der Waals surface area contributed by atoms with Crippen LogP contribution in [-0.4, -0.2) is 25.5 Å². The standard InChI is InChI=1S/C11H18O4S/c1-8-7-10(9(2)15-8)11(12)5-4-6-16(3,13)14/h7,11-12H,4-6H2,1-3H3. The summed E-state index contributed by atoms with van der Waals surface area (Å²) < 4.78 is 27.1. The Morgan fingerprint density at radius 1 is 1.44 bits per heavy atom. The van der Waals surface area contributed by atoms with Gasteiger partial charge in [0.1, 0.15) is 21.4 Å². The highest BCUT2D eigenvalue weighted by Crippen LogP contribution is 2.24. The zero-order valence-electron chi connectivity index (χ0n) is 9.86. The molecule has 92 valence electrons. The third-order valence-electron chi connectivity index (χ3n) is 2.43. The molecule has 1 rings (SSSR count). The smallest absolute Gasteiger partial charge is 0.147 e. The molecule has 1 aromatic heterocycles. The largest absolute Gasteiger partial charge is 0.466 e. The third kappa shape index (κ3) is 3.98. The van der Waals surface area contributed by atoms with Gasteiger partial charge in [-0.3, -0.25) is 0 Å². The summed E-state index contributed by atoms with van der Waals surface area (Å²) in [6.07, 6.45) is 1.46. The Morgan fingerprint density at radius 3 is 2.50 bits per heavy atom. The molecule has 0 saturated heterocycles. The predicted octanol–water partition coefficient (Wildman–Crippen LogP) is 1.75. The summed E-state index contributed by atoms with van der Waals surface area (Å²) in [5.41, 5.74) is 0.756. The highest BCUT2D eigenvalue weighted by molar-refractivity contribution is 7.90. The summed E-state index contributed by atoms with van der Waals surface area (Å²) in [4.78, 5) is 0. The van der Waals surface area contributed by atoms with E-state index in [0.717, 1.165) is 11.3 Å². The molecule has 0 amide bonds. The predicted molar refractivity (Wildman–Crippen MR) is 62.1 cm³/mol. The number of aryl methyl sites for hydroxylation is 2. The number of hydrogen-bond acceptors (Lipinski definition) is 4. The molecule has 0 bridgehead atoms. The number of hydrogen-bond donors (Lipinski definition) is 1. The van der Waals surface area contributed by atoms with Crippen molar-refractivity contribution in [2.45, 2.75) is 32.8 Å². The Balaban J connectivity index is 2.53. The van der Waals surface area contributed by atoms with Crippen molar-refractivity contribution in [1.29, 1.82) is 0 Å². The van der Waals surface area contributed by atoms with Crippen LogP contribution in [0.1, 0.15) is 36.0 Å². The van der Waals surface area contributed by atoms with Crippen molar-refractivity contribution in [2.75, 3.05) is 12.0 Å². The molecular formula is C11H18O4S. The van der Waals surface area contributed by atoms with Crippen molar-refractivity contribution in [1.82, 2.24) is 0 Å². The topological polar surface area (TPSA) is 67.5 Å². The van der Waals surface area contributed by atoms with E-state index in [9.17, 15) is 13.5 Å². The Kier molecular flexibility index (Phi) is 4.15. The van der Waals surface area contributed by atoms with E-state index in [-0.39, 0.29) is 5.75 Å². The highest BCUT2D eigenvalue weighted by atomic mass is 32.2. The fraction of sp³-hybridized carbons (Fsp3) is 0.636. The number of aliphatic hydroxyl groups excluding tert-OH is 1. The maximum Gasteiger partial charge on any atom is 0.147 e. The van der Waals surface area contributed by atoms with Crippen LogP contribution < -0.4 is 0 Å². The first-order valence-corrected chi connectivity index (χ1v) is 7.28. The van der Waals surface area contributed by atoms with Crippen molar-refractivity contribution >= 4 is 9.84 Å². The average molecular weight is 246 g/mol. The highest BCUT2D eigenvalue weighted by Gasteiger charge is 2.15. The van der Waals surface area contributed by atoms with Gasteiger partial charge < -0.3 is 9.52 Å². The minimum Gasteiger partial charge on any atom is -0.466 e. The van der Waals surface area contributed by atoms with E-state index >= 15 is 0 Å². The van der Waals surface area contributed by atoms with Crippen molar-refractivity contribution in [3.63, 3.8) is 0 Å². The van der Waals surface area contributed by atoms with E-state index in [4.69, 9.17) is 4.42 Å². The molecule has 0 saturated carbocycles. The van der Waals surface area contributed by atoms with Crippen LogP contribution in [0, 0.1) is 13.8 Å². The normalized spacial score (nSPS) is 14.0. The van der Waals surface area contributed by atoms with E-state index in [2.05, 4.69) is 0 Å². The van der Waals surface area contributed by atoms with Gasteiger partial charge in [0.15, 0.2) is 0 Å². The van der Waals surface area contributed by atoms with Crippen molar-refractivity contribution in [2.24, 2.45) is 0 Å². The van der Waals surface area contributed by atoms with E-state index in [1.165, 1.54) is 6.26 Å². The molecule has 16 heavy (non-hydrogen) atoms. The number of rotatable bonds is 5. The van der Waals surface area contributed by atoms with Crippen LogP contribution in [-0.2, 0) is 9.84 Å². The Labute approximate surface area is 96.2 Å². The molecule has 0 aliphatic heterocycles. The first kappa shape index (κ1) is 13.3. The average Bonchev–Trinajstić information content (AvgIpc) is 2.43. The SMILES string of the molecule is Cc1cc(C(O)CCCS(C)(=O)=O)c(C)o1. The second kappa shape index (κ2) is 5.01. The number of furan rings is 1. The minimum atomic E-state index is -2.94. The second-order valence-corrected chi connectivity index (χ2v) is 6.42. The van der Waals surface area contributed by atoms with Crippen LogP contribution in [0.2, 0.25) is 0 Å². The van der Waals surface area contributed by atoms with Gasteiger partial charge in [-0.15, -0.1) is 0 Å². The van der Waals surface area contributed by atoms with Crippen LogP contribution >= 0.6 is 0 Å². The van der Waals surface area contributed by atoms with Crippen molar-refractivity contribution < 1.29 is 17.9 Å². The molecule has 1 N–H and O–H groups in total. The minimum absolute atomic E-state index is 0.111. The lowest BCUT2D eigenvalue weighted by atomic mass is 10.1. The second-order valence-electron chi connectivity index (χ2n) is 4.16. The molecule has 5 heteroatoms. The molecule has 1 heterocycles. The quantitative estimate of drug-likeness (QED) is 0.859. The molecule has 4 nitrogen and oxygen atoms in total. The molecule has 0 spiro atoms. The van der Waals surface area contributed by atoms with Gasteiger partial charge in [-0.25, -0.2) is 8.42 Å². The van der Waals surface area contributed by atoms with Crippen molar-refractivity contribution in [3.05, 3.63) is 23.2 Å². The summed E-state index contributed by atoms with van der Waals surface area (Å²) in [5.74, 6) is 1.57. The van der Waals surface area contributed by atoms with Gasteiger partial charge >= 0.3 is 0 Å². The number of aliphatic hydroxyl groups is 1. The molecule has 0 aromatic carbocycles. The molecule has 0 aliphatic carbocycles. The summed E-state index contributed by atoms with van der Waals surface area (Å²) in [7, 11) is -2.94. The first-order valence-electron chi connectivity index (χ1n) is 5.22. The molecule has 1 unspecified atom stereocenters. The van der Waals surface area contributed by atoms with Crippen LogP contribution in [0.3, 0.4) is 0 Å². The van der Waals surface area contributed by atoms with Gasteiger partial charge in [0, 0.05) is 17.6 Å². The van der Waals surface area contributed by atoms with Gasteiger partial charge in [0.2, 0.25) is 0 Å². The lowest BCUT2D eigenvalue weighted by Gasteiger charge is -2.08. The molecule has 1 aromatic rings. The lowest BCUT2D eigenvalue weighted by Crippen LogP contribution is -2.05. The molecule has 0 radical (unpaired) electrons. The van der Waals surface area contributed by atoms with Crippen LogP contribution in [0.4, 0.5) is 0 Å². The zero-order valence-corrected chi connectivity index (χ0v) is 10.7. The zero-order chi connectivity index (χ0) is 12.3. The first-order chi connectivity index (χ1) is 7.29. The van der Waals surface area contributed by atoms with Crippen LogP contribution in [0.25, 0.3) is 0 Å². The van der Waals surface area contributed by atoms with Crippen LogP contribution in [0.5, 0.6) is 0 Å². The maximum atomic E-state index is 10.9. The molecule has 0 aliphatic rings. The van der Waals surface area contributed by atoms with E-state index in [0.29, 0.717) is 18.6 Å². The van der Waals surface area contributed by atoms with Crippen molar-refractivity contribution in [3.8, 4) is 0 Å². The third-order valence-corrected chi connectivity index (χ3v) is 3.46. The Bertz CT molecular complexity index is 445. The summed E-state index contributed by atoms with van der Waals surface area (Å²) in [5, 5.41) is 9.86. The van der Waals surface area contributed by atoms with Gasteiger partial charge in [0.25, 0.3) is 0 Å². The lowest BCUT2D eigenvalue weighted by molar-refractivity contribution is 0.165. The summed E-state index contributed by atoms with van der Waals surface area (Å²) in [6, 6.07) is 1.79. The maximum absolute atomic E-state index is 10.9. The summed E-state index contributed by atoms with van der Waals surface area (Å²) in [6.45, 7) is 3.61. The molecular weight excluding hydrogens is 228 g/mol. The van der Waals surface area contributed by atoms with E-state index in [1.54, 1.807) is 13.0 Å². The number of sulfone groups is 1. The van der Waals surface area contributed by atoms with Gasteiger partial charge in [-0.05, 0) is 32.8 Å². The molecule has 0 fully saturated rings. The van der Waals surface area contributed by atoms with Gasteiger partial charge in [-0.2, -0.15) is 0 Å². The summed E-state index contributed by atoms with van der Waals surface area (Å²) >= 11 is 0. The van der Waals surface area contributed by atoms with E-state index in [1.807, 2.05) is 6.92 Å². The Morgan fingerprint density at radius 2 is 2.06 bits per heavy atom. The van der Waals surface area contributed by atoms with Crippen LogP contribution in [0.15, 0.2) is 10.5 Å². The van der Waals surface area contributed by atoms with Gasteiger partial charge in [0.05, 0.1) is 6.10 Å². The van der Waals surface area contributed by atoms with E-state index < -0.39 is 15.9 Å². The van der Waals surface area contributed by atoms with Gasteiger partial charge in [-0.1, -0.05) is 0 Å². The monoisotopic (exact) mass is 246 g/mol. The Hall–Kier alpha value is -0.810. The fourth-order valence-corrected chi connectivity index (χ4v) is 2.37. The fourth-order valence-electron chi connectivity index (χ4n) is 1.68.